The van der Waals surface area contributed by atoms with Crippen LogP contribution < -0.4 is 11.1 Å². The van der Waals surface area contributed by atoms with Crippen LogP contribution in [0.15, 0.2) is 29.4 Å². The highest BCUT2D eigenvalue weighted by Crippen LogP contribution is 1.91. The molecule has 14 heavy (non-hydrogen) atoms. The van der Waals surface area contributed by atoms with Crippen molar-refractivity contribution in [3.8, 4) is 6.19 Å². The molecule has 1 aromatic heterocycles. The maximum absolute atomic E-state index is 11.3. The van der Waals surface area contributed by atoms with Crippen molar-refractivity contribution in [1.82, 2.24) is 10.3 Å². The van der Waals surface area contributed by atoms with E-state index in [9.17, 15) is 4.79 Å². The van der Waals surface area contributed by atoms with E-state index < -0.39 is 5.91 Å². The molecule has 0 unspecified atom stereocenters. The van der Waals surface area contributed by atoms with Gasteiger partial charge >= 0.3 is 0 Å². The molecule has 0 radical (unpaired) electrons. The van der Waals surface area contributed by atoms with Crippen LogP contribution in [0.1, 0.15) is 10.5 Å². The highest BCUT2D eigenvalue weighted by molar-refractivity contribution is 6.04. The van der Waals surface area contributed by atoms with Gasteiger partial charge in [0.1, 0.15) is 5.69 Å². The lowest BCUT2D eigenvalue weighted by Gasteiger charge is -2.00. The zero-order valence-electron chi connectivity index (χ0n) is 7.14. The van der Waals surface area contributed by atoms with Crippen molar-refractivity contribution < 1.29 is 4.79 Å². The maximum atomic E-state index is 11.3. The molecule has 0 saturated heterocycles. The van der Waals surface area contributed by atoms with Gasteiger partial charge in [0.15, 0.2) is 0 Å². The molecule has 1 heterocycles. The Morgan fingerprint density at radius 3 is 3.00 bits per heavy atom. The molecule has 0 aliphatic heterocycles. The van der Waals surface area contributed by atoms with Crippen LogP contribution >= 0.6 is 0 Å². The first-order valence-corrected chi connectivity index (χ1v) is 3.68. The van der Waals surface area contributed by atoms with Crippen molar-refractivity contribution in [3.63, 3.8) is 0 Å². The summed E-state index contributed by atoms with van der Waals surface area (Å²) < 4.78 is 0. The molecule has 0 aliphatic carbocycles. The first kappa shape index (κ1) is 9.67. The SMILES string of the molecule is N#CN=C(N)NC(=O)c1ccccn1. The fourth-order valence-electron chi connectivity index (χ4n) is 0.759. The first-order chi connectivity index (χ1) is 6.74. The van der Waals surface area contributed by atoms with Crippen LogP contribution in [0.25, 0.3) is 0 Å². The molecule has 0 aromatic carbocycles. The normalized spacial score (nSPS) is 10.4. The fourth-order valence-corrected chi connectivity index (χ4v) is 0.759. The van der Waals surface area contributed by atoms with Gasteiger partial charge in [-0.25, -0.2) is 0 Å². The third-order valence-electron chi connectivity index (χ3n) is 1.31. The summed E-state index contributed by atoms with van der Waals surface area (Å²) in [6, 6.07) is 4.87. The van der Waals surface area contributed by atoms with Crippen molar-refractivity contribution in [2.75, 3.05) is 0 Å². The second-order valence-electron chi connectivity index (χ2n) is 2.27. The van der Waals surface area contributed by atoms with Gasteiger partial charge in [0.05, 0.1) is 0 Å². The van der Waals surface area contributed by atoms with Gasteiger partial charge < -0.3 is 5.73 Å². The zero-order valence-corrected chi connectivity index (χ0v) is 7.14. The topological polar surface area (TPSA) is 104 Å². The minimum atomic E-state index is -0.498. The van der Waals surface area contributed by atoms with E-state index in [-0.39, 0.29) is 11.7 Å². The number of guanidine groups is 1. The summed E-state index contributed by atoms with van der Waals surface area (Å²) >= 11 is 0. The Balaban J connectivity index is 2.70. The third-order valence-corrected chi connectivity index (χ3v) is 1.31. The fraction of sp³-hybridized carbons (Fsp3) is 0. The Hall–Kier alpha value is -2.42. The highest BCUT2D eigenvalue weighted by Gasteiger charge is 2.06. The summed E-state index contributed by atoms with van der Waals surface area (Å²) in [7, 11) is 0. The van der Waals surface area contributed by atoms with Crippen LogP contribution in [-0.2, 0) is 0 Å². The van der Waals surface area contributed by atoms with Gasteiger partial charge in [0.25, 0.3) is 5.91 Å². The van der Waals surface area contributed by atoms with Crippen LogP contribution in [-0.4, -0.2) is 16.9 Å². The number of carbonyl (C=O) groups excluding carboxylic acids is 1. The first-order valence-electron chi connectivity index (χ1n) is 3.68. The van der Waals surface area contributed by atoms with E-state index >= 15 is 0 Å². The second kappa shape index (κ2) is 4.57. The van der Waals surface area contributed by atoms with Gasteiger partial charge in [-0.2, -0.15) is 5.26 Å². The number of carbonyl (C=O) groups is 1. The lowest BCUT2D eigenvalue weighted by Crippen LogP contribution is -2.36. The van der Waals surface area contributed by atoms with E-state index in [4.69, 9.17) is 11.0 Å². The third kappa shape index (κ3) is 2.57. The molecule has 0 atom stereocenters. The monoisotopic (exact) mass is 189 g/mol. The number of rotatable bonds is 1. The number of amides is 1. The van der Waals surface area contributed by atoms with Crippen molar-refractivity contribution in [3.05, 3.63) is 30.1 Å². The van der Waals surface area contributed by atoms with Gasteiger partial charge in [-0.1, -0.05) is 6.07 Å². The number of hydrogen-bond acceptors (Lipinski definition) is 4. The minimum Gasteiger partial charge on any atom is -0.369 e. The summed E-state index contributed by atoms with van der Waals surface area (Å²) in [6.45, 7) is 0. The molecule has 0 saturated carbocycles. The average Bonchev–Trinajstić information content (AvgIpc) is 2.19. The molecule has 1 aromatic rings. The van der Waals surface area contributed by atoms with Crippen molar-refractivity contribution in [1.29, 1.82) is 5.26 Å². The number of aromatic nitrogens is 1. The average molecular weight is 189 g/mol. The van der Waals surface area contributed by atoms with E-state index in [0.717, 1.165) is 0 Å². The number of hydrogen-bond donors (Lipinski definition) is 2. The molecule has 70 valence electrons. The van der Waals surface area contributed by atoms with Gasteiger partial charge in [-0.15, -0.1) is 4.99 Å². The molecule has 0 aliphatic rings. The van der Waals surface area contributed by atoms with Crippen LogP contribution in [0, 0.1) is 11.5 Å². The van der Waals surface area contributed by atoms with Crippen molar-refractivity contribution >= 4 is 11.9 Å². The largest absolute Gasteiger partial charge is 0.369 e. The Morgan fingerprint density at radius 1 is 1.64 bits per heavy atom. The molecule has 6 heteroatoms. The Kier molecular flexibility index (Phi) is 3.15. The lowest BCUT2D eigenvalue weighted by atomic mass is 10.3. The lowest BCUT2D eigenvalue weighted by molar-refractivity contribution is 0.0972. The smallest absolute Gasteiger partial charge is 0.276 e. The molecule has 1 rings (SSSR count). The molecule has 3 N–H and O–H groups in total. The predicted molar refractivity (Wildman–Crippen MR) is 48.9 cm³/mol. The molecular weight excluding hydrogens is 182 g/mol. The highest BCUT2D eigenvalue weighted by atomic mass is 16.2. The Morgan fingerprint density at radius 2 is 2.43 bits per heavy atom. The molecule has 0 bridgehead atoms. The summed E-state index contributed by atoms with van der Waals surface area (Å²) in [4.78, 5) is 18.2. The van der Waals surface area contributed by atoms with Gasteiger partial charge in [0, 0.05) is 6.20 Å². The van der Waals surface area contributed by atoms with E-state index in [2.05, 4.69) is 15.3 Å². The van der Waals surface area contributed by atoms with Gasteiger partial charge in [-0.05, 0) is 12.1 Å². The minimum absolute atomic E-state index is 0.212. The van der Waals surface area contributed by atoms with Crippen LogP contribution in [0.5, 0.6) is 0 Å². The van der Waals surface area contributed by atoms with Crippen molar-refractivity contribution in [2.24, 2.45) is 10.7 Å². The second-order valence-corrected chi connectivity index (χ2v) is 2.27. The number of nitriles is 1. The number of nitrogens with zero attached hydrogens (tertiary/aromatic N) is 3. The molecule has 0 fully saturated rings. The van der Waals surface area contributed by atoms with E-state index in [1.807, 2.05) is 0 Å². The van der Waals surface area contributed by atoms with Gasteiger partial charge in [0.2, 0.25) is 12.2 Å². The van der Waals surface area contributed by atoms with Crippen molar-refractivity contribution in [2.45, 2.75) is 0 Å². The number of nitrogens with two attached hydrogens (primary N) is 1. The Labute approximate surface area is 80.1 Å². The maximum Gasteiger partial charge on any atom is 0.276 e. The molecular formula is C8H7N5O. The number of pyridine rings is 1. The quantitative estimate of drug-likeness (QED) is 0.356. The van der Waals surface area contributed by atoms with Gasteiger partial charge in [-0.3, -0.25) is 15.1 Å². The molecule has 0 spiro atoms. The summed E-state index contributed by atoms with van der Waals surface area (Å²) in [5, 5.41) is 10.3. The summed E-state index contributed by atoms with van der Waals surface area (Å²) in [5.41, 5.74) is 5.40. The Bertz CT molecular complexity index is 392. The number of nitrogens with one attached hydrogen (secondary N) is 1. The predicted octanol–water partition coefficient (Wildman–Crippen LogP) is -0.393. The molecule has 6 nitrogen and oxygen atoms in total. The van der Waals surface area contributed by atoms with Crippen LogP contribution in [0.2, 0.25) is 0 Å². The van der Waals surface area contributed by atoms with E-state index in [1.54, 1.807) is 12.1 Å². The van der Waals surface area contributed by atoms with Crippen LogP contribution in [0.3, 0.4) is 0 Å². The van der Waals surface area contributed by atoms with E-state index in [1.165, 1.54) is 18.5 Å². The van der Waals surface area contributed by atoms with E-state index in [0.29, 0.717) is 0 Å². The standard InChI is InChI=1S/C8H7N5O/c9-5-12-8(10)13-7(14)6-3-1-2-4-11-6/h1-4H,(H3,10,12,13,14). The van der Waals surface area contributed by atoms with Crippen LogP contribution in [0.4, 0.5) is 0 Å². The summed E-state index contributed by atoms with van der Waals surface area (Å²) in [5.74, 6) is -0.745. The number of aliphatic imine (C=N–C) groups is 1. The summed E-state index contributed by atoms with van der Waals surface area (Å²) in [6.07, 6.45) is 2.93. The molecule has 1 amide bonds. The zero-order chi connectivity index (χ0) is 10.4.